The zero-order chi connectivity index (χ0) is 22.8. The number of nitrogens with one attached hydrogen (secondary N) is 1. The fourth-order valence-corrected chi connectivity index (χ4v) is 4.51. The first kappa shape index (κ1) is 23.0. The van der Waals surface area contributed by atoms with Crippen molar-refractivity contribution in [3.05, 3.63) is 42.0 Å². The largest absolute Gasteiger partial charge is 0.355 e. The van der Waals surface area contributed by atoms with Gasteiger partial charge in [0.1, 0.15) is 6.54 Å². The van der Waals surface area contributed by atoms with Crippen molar-refractivity contribution in [2.24, 2.45) is 11.3 Å². The average molecular weight is 427 g/mol. The number of amides is 3. The van der Waals surface area contributed by atoms with Crippen LogP contribution in [0.1, 0.15) is 42.6 Å². The maximum absolute atomic E-state index is 12.8. The molecule has 2 aliphatic heterocycles. The minimum atomic E-state index is -0.177. The lowest BCUT2D eigenvalue weighted by molar-refractivity contribution is -0.135. The van der Waals surface area contributed by atoms with Crippen LogP contribution in [0.4, 0.5) is 0 Å². The zero-order valence-electron chi connectivity index (χ0n) is 19.1. The molecule has 0 aromatic heterocycles. The van der Waals surface area contributed by atoms with Crippen molar-refractivity contribution in [2.75, 3.05) is 46.8 Å². The molecule has 2 heterocycles. The fraction of sp³-hybridized carbons (Fsp3) is 0.542. The Balaban J connectivity index is 1.48. The van der Waals surface area contributed by atoms with E-state index in [-0.39, 0.29) is 35.6 Å². The van der Waals surface area contributed by atoms with E-state index in [2.05, 4.69) is 30.6 Å². The summed E-state index contributed by atoms with van der Waals surface area (Å²) in [5.74, 6) is -0.291. The molecule has 0 unspecified atom stereocenters. The number of carbonyl (C=O) groups excluding carboxylic acids is 3. The van der Waals surface area contributed by atoms with Crippen LogP contribution >= 0.6 is 0 Å². The molecule has 1 aromatic carbocycles. The lowest BCUT2D eigenvalue weighted by Crippen LogP contribution is -2.47. The van der Waals surface area contributed by atoms with Crippen LogP contribution in [0.15, 0.2) is 30.8 Å². The van der Waals surface area contributed by atoms with Gasteiger partial charge in [0, 0.05) is 48.9 Å². The van der Waals surface area contributed by atoms with Crippen LogP contribution in [0.2, 0.25) is 0 Å². The molecule has 3 amide bonds. The molecule has 7 heteroatoms. The second-order valence-corrected chi connectivity index (χ2v) is 9.66. The Kier molecular flexibility index (Phi) is 6.84. The van der Waals surface area contributed by atoms with E-state index in [4.69, 9.17) is 0 Å². The number of rotatable bonds is 7. The van der Waals surface area contributed by atoms with Crippen molar-refractivity contribution in [2.45, 2.75) is 26.7 Å². The van der Waals surface area contributed by atoms with E-state index in [1.165, 1.54) is 4.90 Å². The third-order valence-electron chi connectivity index (χ3n) is 6.04. The van der Waals surface area contributed by atoms with Gasteiger partial charge >= 0.3 is 0 Å². The molecule has 0 atom stereocenters. The summed E-state index contributed by atoms with van der Waals surface area (Å²) in [6.07, 6.45) is 1.28. The number of benzene rings is 1. The Morgan fingerprint density at radius 2 is 1.77 bits per heavy atom. The minimum Gasteiger partial charge on any atom is -0.355 e. The van der Waals surface area contributed by atoms with Gasteiger partial charge in [-0.1, -0.05) is 38.6 Å². The van der Waals surface area contributed by atoms with Gasteiger partial charge in [0.05, 0.1) is 0 Å². The molecular formula is C24H34N4O3. The molecule has 7 nitrogen and oxygen atoms in total. The lowest BCUT2D eigenvalue weighted by Gasteiger charge is -2.33. The van der Waals surface area contributed by atoms with E-state index in [1.54, 1.807) is 11.0 Å². The van der Waals surface area contributed by atoms with Crippen LogP contribution in [0.25, 0.3) is 5.70 Å². The van der Waals surface area contributed by atoms with Gasteiger partial charge in [0.25, 0.3) is 5.91 Å². The number of carbonyl (C=O) groups is 3. The standard InChI is InChI=1S/C24H34N4O3/c1-17-19-8-6-7-9-20(19)23(31)28(17)14-21(29)27-12-10-18(11-13-27)22(30)25-15-24(2,3)16-26(4)5/h6-9,18H,1,10-16H2,2-5H3,(H,25,30). The molecule has 168 valence electrons. The van der Waals surface area contributed by atoms with Gasteiger partial charge in [-0.15, -0.1) is 0 Å². The Morgan fingerprint density at radius 3 is 2.35 bits per heavy atom. The summed E-state index contributed by atoms with van der Waals surface area (Å²) in [5, 5.41) is 3.09. The molecule has 31 heavy (non-hydrogen) atoms. The minimum absolute atomic E-state index is 0.00192. The van der Waals surface area contributed by atoms with Crippen LogP contribution < -0.4 is 5.32 Å². The Morgan fingerprint density at radius 1 is 1.16 bits per heavy atom. The SMILES string of the molecule is C=C1c2ccccc2C(=O)N1CC(=O)N1CCC(C(=O)NCC(C)(C)CN(C)C)CC1. The Bertz CT molecular complexity index is 834. The number of hydrogen-bond acceptors (Lipinski definition) is 4. The lowest BCUT2D eigenvalue weighted by atomic mass is 9.91. The predicted octanol–water partition coefficient (Wildman–Crippen LogP) is 2.06. The summed E-state index contributed by atoms with van der Waals surface area (Å²) in [5.41, 5.74) is 1.95. The first-order valence-corrected chi connectivity index (χ1v) is 10.9. The highest BCUT2D eigenvalue weighted by atomic mass is 16.2. The van der Waals surface area contributed by atoms with Gasteiger partial charge in [0.15, 0.2) is 0 Å². The number of piperidine rings is 1. The van der Waals surface area contributed by atoms with E-state index < -0.39 is 0 Å². The summed E-state index contributed by atoms with van der Waals surface area (Å²) < 4.78 is 0. The molecule has 0 aliphatic carbocycles. The van der Waals surface area contributed by atoms with Gasteiger partial charge in [0.2, 0.25) is 11.8 Å². The summed E-state index contributed by atoms with van der Waals surface area (Å²) in [4.78, 5) is 43.4. The van der Waals surface area contributed by atoms with Crippen LogP contribution in [-0.2, 0) is 9.59 Å². The third kappa shape index (κ3) is 5.34. The van der Waals surface area contributed by atoms with E-state index in [0.717, 1.165) is 12.1 Å². The monoisotopic (exact) mass is 426 g/mol. The normalized spacial score (nSPS) is 17.3. The number of fused-ring (bicyclic) bond motifs is 1. The number of hydrogen-bond donors (Lipinski definition) is 1. The first-order chi connectivity index (χ1) is 14.6. The molecule has 0 bridgehead atoms. The van der Waals surface area contributed by atoms with E-state index in [9.17, 15) is 14.4 Å². The van der Waals surface area contributed by atoms with Crippen LogP contribution in [0.5, 0.6) is 0 Å². The summed E-state index contributed by atoms with van der Waals surface area (Å²) in [6, 6.07) is 7.29. The molecule has 1 aromatic rings. The van der Waals surface area contributed by atoms with Gasteiger partial charge < -0.3 is 15.1 Å². The highest BCUT2D eigenvalue weighted by molar-refractivity contribution is 6.10. The molecule has 2 aliphatic rings. The molecular weight excluding hydrogens is 392 g/mol. The van der Waals surface area contributed by atoms with Gasteiger partial charge in [-0.3, -0.25) is 19.3 Å². The Labute approximate surface area is 185 Å². The highest BCUT2D eigenvalue weighted by Crippen LogP contribution is 2.31. The van der Waals surface area contributed by atoms with Gasteiger partial charge in [-0.25, -0.2) is 0 Å². The van der Waals surface area contributed by atoms with Crippen molar-refractivity contribution in [1.82, 2.24) is 20.0 Å². The topological polar surface area (TPSA) is 73.0 Å². The maximum Gasteiger partial charge on any atom is 0.259 e. The second kappa shape index (κ2) is 9.22. The predicted molar refractivity (Wildman–Crippen MR) is 121 cm³/mol. The van der Waals surface area contributed by atoms with Crippen LogP contribution in [0, 0.1) is 11.3 Å². The van der Waals surface area contributed by atoms with Crippen molar-refractivity contribution < 1.29 is 14.4 Å². The van der Waals surface area contributed by atoms with E-state index >= 15 is 0 Å². The van der Waals surface area contributed by atoms with Crippen molar-refractivity contribution >= 4 is 23.4 Å². The molecule has 0 radical (unpaired) electrons. The second-order valence-electron chi connectivity index (χ2n) is 9.66. The smallest absolute Gasteiger partial charge is 0.259 e. The molecule has 0 saturated carbocycles. The summed E-state index contributed by atoms with van der Waals surface area (Å²) in [7, 11) is 4.06. The molecule has 0 spiro atoms. The Hall–Kier alpha value is -2.67. The molecule has 1 saturated heterocycles. The fourth-order valence-electron chi connectivity index (χ4n) is 4.51. The number of nitrogens with zero attached hydrogens (tertiary/aromatic N) is 3. The van der Waals surface area contributed by atoms with Crippen molar-refractivity contribution in [3.8, 4) is 0 Å². The molecule has 3 rings (SSSR count). The summed E-state index contributed by atoms with van der Waals surface area (Å²) >= 11 is 0. The van der Waals surface area contributed by atoms with Gasteiger partial charge in [-0.2, -0.15) is 0 Å². The van der Waals surface area contributed by atoms with Gasteiger partial charge in [-0.05, 0) is 38.4 Å². The van der Waals surface area contributed by atoms with Crippen molar-refractivity contribution in [3.63, 3.8) is 0 Å². The van der Waals surface area contributed by atoms with Crippen molar-refractivity contribution in [1.29, 1.82) is 0 Å². The quantitative estimate of drug-likeness (QED) is 0.724. The van der Waals surface area contributed by atoms with E-state index in [0.29, 0.717) is 43.7 Å². The first-order valence-electron chi connectivity index (χ1n) is 10.9. The van der Waals surface area contributed by atoms with Crippen LogP contribution in [0.3, 0.4) is 0 Å². The number of likely N-dealkylation sites (tertiary alicyclic amines) is 1. The molecule has 1 fully saturated rings. The summed E-state index contributed by atoms with van der Waals surface area (Å²) in [6.45, 7) is 10.8. The zero-order valence-corrected chi connectivity index (χ0v) is 19.1. The average Bonchev–Trinajstić information content (AvgIpc) is 2.96. The highest BCUT2D eigenvalue weighted by Gasteiger charge is 2.34. The third-order valence-corrected chi connectivity index (χ3v) is 6.04. The van der Waals surface area contributed by atoms with E-state index in [1.807, 2.05) is 32.3 Å². The molecule has 1 N–H and O–H groups in total. The van der Waals surface area contributed by atoms with Crippen LogP contribution in [-0.4, -0.2) is 79.2 Å². The maximum atomic E-state index is 12.8.